The first-order valence-electron chi connectivity index (χ1n) is 7.31. The first-order chi connectivity index (χ1) is 12.8. The quantitative estimate of drug-likeness (QED) is 0.318. The second kappa shape index (κ2) is 8.89. The average Bonchev–Trinajstić information content (AvgIpc) is 2.65. The third-order valence-corrected chi connectivity index (χ3v) is 3.87. The zero-order valence-electron chi connectivity index (χ0n) is 13.8. The molecule has 0 saturated carbocycles. The number of carbonyl (C=O) groups excluding carboxylic acids is 1. The van der Waals surface area contributed by atoms with Crippen molar-refractivity contribution in [3.8, 4) is 11.8 Å². The van der Waals surface area contributed by atoms with E-state index in [2.05, 4.69) is 10.6 Å². The highest BCUT2D eigenvalue weighted by molar-refractivity contribution is 6.36. The lowest BCUT2D eigenvalue weighted by atomic mass is 10.2. The number of hydrogen-bond donors (Lipinski definition) is 2. The molecule has 0 fully saturated rings. The number of nitrogens with zero attached hydrogens (tertiary/aromatic N) is 2. The van der Waals surface area contributed by atoms with Crippen molar-refractivity contribution in [1.82, 2.24) is 0 Å². The Labute approximate surface area is 164 Å². The summed E-state index contributed by atoms with van der Waals surface area (Å²) in [7, 11) is 1.38. The number of nitriles is 1. The van der Waals surface area contributed by atoms with Crippen LogP contribution in [0.1, 0.15) is 0 Å². The van der Waals surface area contributed by atoms with Crippen LogP contribution in [0.4, 0.5) is 17.1 Å². The molecule has 0 bridgehead atoms. The number of amides is 1. The molecule has 0 spiro atoms. The minimum atomic E-state index is -0.737. The molecular weight excluding hydrogens is 395 g/mol. The first-order valence-corrected chi connectivity index (χ1v) is 8.07. The second-order valence-electron chi connectivity index (χ2n) is 5.03. The summed E-state index contributed by atoms with van der Waals surface area (Å²) in [4.78, 5) is 22.6. The molecule has 0 aromatic heterocycles. The van der Waals surface area contributed by atoms with Crippen molar-refractivity contribution in [3.05, 3.63) is 68.3 Å². The number of ether oxygens (including phenoxy) is 1. The van der Waals surface area contributed by atoms with Crippen LogP contribution in [0, 0.1) is 21.4 Å². The van der Waals surface area contributed by atoms with Crippen LogP contribution in [0.5, 0.6) is 5.75 Å². The Hall–Kier alpha value is -3.28. The van der Waals surface area contributed by atoms with Gasteiger partial charge in [0.2, 0.25) is 0 Å². The van der Waals surface area contributed by atoms with Crippen LogP contribution in [0.15, 0.2) is 48.2 Å². The fourth-order valence-corrected chi connectivity index (χ4v) is 2.34. The molecule has 0 aliphatic carbocycles. The van der Waals surface area contributed by atoms with Gasteiger partial charge in [0.25, 0.3) is 11.6 Å². The molecule has 2 N–H and O–H groups in total. The average molecular weight is 407 g/mol. The van der Waals surface area contributed by atoms with Crippen LogP contribution < -0.4 is 15.4 Å². The highest BCUT2D eigenvalue weighted by Crippen LogP contribution is 2.29. The summed E-state index contributed by atoms with van der Waals surface area (Å²) < 4.78 is 5.10. The number of non-ortho nitro benzene ring substituents is 1. The van der Waals surface area contributed by atoms with Crippen molar-refractivity contribution < 1.29 is 14.5 Å². The lowest BCUT2D eigenvalue weighted by molar-refractivity contribution is -0.384. The molecule has 2 aromatic rings. The van der Waals surface area contributed by atoms with Gasteiger partial charge in [-0.1, -0.05) is 23.2 Å². The fourth-order valence-electron chi connectivity index (χ4n) is 2.00. The van der Waals surface area contributed by atoms with Crippen molar-refractivity contribution >= 4 is 46.2 Å². The van der Waals surface area contributed by atoms with Gasteiger partial charge in [0.05, 0.1) is 28.4 Å². The Balaban J connectivity index is 2.25. The van der Waals surface area contributed by atoms with Gasteiger partial charge in [-0.15, -0.1) is 0 Å². The van der Waals surface area contributed by atoms with E-state index in [4.69, 9.17) is 27.9 Å². The van der Waals surface area contributed by atoms with Gasteiger partial charge >= 0.3 is 0 Å². The molecule has 1 amide bonds. The standard InChI is InChI=1S/C17H12Cl2N4O4/c1-27-16-5-3-12(23(25)26)7-15(16)21-9-10(8-20)17(24)22-14-6-11(18)2-4-13(14)19/h2-7,9,21H,1H3,(H,22,24)/b10-9-. The van der Waals surface area contributed by atoms with E-state index in [1.165, 1.54) is 37.4 Å². The Bertz CT molecular complexity index is 970. The van der Waals surface area contributed by atoms with E-state index in [0.717, 1.165) is 6.20 Å². The number of nitrogens with one attached hydrogen (secondary N) is 2. The van der Waals surface area contributed by atoms with Crippen molar-refractivity contribution in [2.75, 3.05) is 17.7 Å². The van der Waals surface area contributed by atoms with E-state index in [0.29, 0.717) is 10.8 Å². The fraction of sp³-hybridized carbons (Fsp3) is 0.0588. The highest BCUT2D eigenvalue weighted by atomic mass is 35.5. The van der Waals surface area contributed by atoms with Crippen LogP contribution in [-0.2, 0) is 4.79 Å². The van der Waals surface area contributed by atoms with Gasteiger partial charge in [-0.05, 0) is 24.3 Å². The van der Waals surface area contributed by atoms with Crippen LogP contribution in [0.2, 0.25) is 10.0 Å². The Morgan fingerprint density at radius 1 is 1.26 bits per heavy atom. The molecule has 0 unspecified atom stereocenters. The smallest absolute Gasteiger partial charge is 0.271 e. The number of nitro groups is 1. The molecule has 0 atom stereocenters. The van der Waals surface area contributed by atoms with Gasteiger partial charge in [0, 0.05) is 23.4 Å². The van der Waals surface area contributed by atoms with Gasteiger partial charge in [0.1, 0.15) is 17.4 Å². The van der Waals surface area contributed by atoms with Crippen molar-refractivity contribution in [1.29, 1.82) is 5.26 Å². The van der Waals surface area contributed by atoms with Crippen LogP contribution in [-0.4, -0.2) is 17.9 Å². The normalized spacial score (nSPS) is 10.7. The first kappa shape index (κ1) is 20.0. The number of methoxy groups -OCH3 is 1. The third kappa shape index (κ3) is 5.10. The van der Waals surface area contributed by atoms with Gasteiger partial charge in [-0.25, -0.2) is 0 Å². The molecule has 27 heavy (non-hydrogen) atoms. The Morgan fingerprint density at radius 2 is 2.00 bits per heavy atom. The number of anilines is 2. The Morgan fingerprint density at radius 3 is 2.63 bits per heavy atom. The molecule has 0 aliphatic heterocycles. The lowest BCUT2D eigenvalue weighted by Gasteiger charge is -2.09. The number of nitro benzene ring substituents is 1. The predicted octanol–water partition coefficient (Wildman–Crippen LogP) is 4.37. The zero-order chi connectivity index (χ0) is 20.0. The van der Waals surface area contributed by atoms with Crippen LogP contribution in [0.3, 0.4) is 0 Å². The summed E-state index contributed by atoms with van der Waals surface area (Å²) in [5.74, 6) is -0.439. The molecule has 10 heteroatoms. The number of halogens is 2. The summed E-state index contributed by atoms with van der Waals surface area (Å²) in [5.41, 5.74) is -0.0174. The maximum absolute atomic E-state index is 12.3. The van der Waals surface area contributed by atoms with Gasteiger partial charge in [0.15, 0.2) is 0 Å². The monoisotopic (exact) mass is 406 g/mol. The largest absolute Gasteiger partial charge is 0.495 e. The van der Waals surface area contributed by atoms with E-state index in [-0.39, 0.29) is 27.7 Å². The molecule has 2 aromatic carbocycles. The molecule has 0 saturated heterocycles. The van der Waals surface area contributed by atoms with E-state index in [1.54, 1.807) is 12.1 Å². The van der Waals surface area contributed by atoms with Gasteiger partial charge in [-0.2, -0.15) is 5.26 Å². The number of hydrogen-bond acceptors (Lipinski definition) is 6. The van der Waals surface area contributed by atoms with Crippen LogP contribution in [0.25, 0.3) is 0 Å². The summed E-state index contributed by atoms with van der Waals surface area (Å²) >= 11 is 11.8. The number of rotatable bonds is 6. The van der Waals surface area contributed by atoms with Crippen molar-refractivity contribution in [2.45, 2.75) is 0 Å². The molecule has 0 aliphatic rings. The summed E-state index contributed by atoms with van der Waals surface area (Å²) in [6.45, 7) is 0. The van der Waals surface area contributed by atoms with E-state index < -0.39 is 10.8 Å². The molecule has 2 rings (SSSR count). The van der Waals surface area contributed by atoms with E-state index in [9.17, 15) is 20.2 Å². The summed E-state index contributed by atoms with van der Waals surface area (Å²) in [5, 5.41) is 25.9. The molecule has 8 nitrogen and oxygen atoms in total. The van der Waals surface area contributed by atoms with Gasteiger partial charge < -0.3 is 15.4 Å². The van der Waals surface area contributed by atoms with Crippen LogP contribution >= 0.6 is 23.2 Å². The highest BCUT2D eigenvalue weighted by Gasteiger charge is 2.14. The van der Waals surface area contributed by atoms with Gasteiger partial charge in [-0.3, -0.25) is 14.9 Å². The zero-order valence-corrected chi connectivity index (χ0v) is 15.3. The minimum absolute atomic E-state index is 0.180. The second-order valence-corrected chi connectivity index (χ2v) is 5.88. The Kier molecular flexibility index (Phi) is 6.60. The van der Waals surface area contributed by atoms with Crippen molar-refractivity contribution in [3.63, 3.8) is 0 Å². The van der Waals surface area contributed by atoms with Crippen molar-refractivity contribution in [2.24, 2.45) is 0 Å². The lowest BCUT2D eigenvalue weighted by Crippen LogP contribution is -2.15. The summed E-state index contributed by atoms with van der Waals surface area (Å²) in [6.07, 6.45) is 1.11. The number of carbonyl (C=O) groups is 1. The van der Waals surface area contributed by atoms with E-state index in [1.807, 2.05) is 0 Å². The number of benzene rings is 2. The third-order valence-electron chi connectivity index (χ3n) is 3.31. The molecule has 0 radical (unpaired) electrons. The molecular formula is C17H12Cl2N4O4. The molecule has 138 valence electrons. The SMILES string of the molecule is COc1ccc([N+](=O)[O-])cc1N/C=C(/C#N)C(=O)Nc1cc(Cl)ccc1Cl. The topological polar surface area (TPSA) is 117 Å². The maximum atomic E-state index is 12.3. The molecule has 0 heterocycles. The maximum Gasteiger partial charge on any atom is 0.271 e. The minimum Gasteiger partial charge on any atom is -0.495 e. The predicted molar refractivity (Wildman–Crippen MR) is 102 cm³/mol. The van der Waals surface area contributed by atoms with E-state index >= 15 is 0 Å². The summed E-state index contributed by atoms with van der Waals surface area (Å²) in [6, 6.07) is 10.1.